The Hall–Kier alpha value is -0.780. The van der Waals surface area contributed by atoms with Crippen LogP contribution in [0.25, 0.3) is 0 Å². The van der Waals surface area contributed by atoms with Gasteiger partial charge in [0, 0.05) is 15.5 Å². The zero-order chi connectivity index (χ0) is 11.5. The topological polar surface area (TPSA) is 37.8 Å². The highest BCUT2D eigenvalue weighted by molar-refractivity contribution is 9.10. The number of halogens is 1. The largest absolute Gasteiger partial charge is 0.307 e. The van der Waals surface area contributed by atoms with Crippen molar-refractivity contribution in [3.8, 4) is 0 Å². The first kappa shape index (κ1) is 11.7. The van der Waals surface area contributed by atoms with Gasteiger partial charge in [-0.2, -0.15) is 0 Å². The van der Waals surface area contributed by atoms with Gasteiger partial charge in [0.1, 0.15) is 5.82 Å². The highest BCUT2D eigenvalue weighted by Gasteiger charge is 2.17. The lowest BCUT2D eigenvalue weighted by atomic mass is 10.1. The molecule has 2 aromatic heterocycles. The predicted octanol–water partition coefficient (Wildman–Crippen LogP) is 2.92. The summed E-state index contributed by atoms with van der Waals surface area (Å²) in [6.45, 7) is 1.90. The van der Waals surface area contributed by atoms with E-state index < -0.39 is 0 Å². The Kier molecular flexibility index (Phi) is 3.68. The van der Waals surface area contributed by atoms with E-state index in [-0.39, 0.29) is 6.04 Å². The Balaban J connectivity index is 2.40. The molecule has 3 nitrogen and oxygen atoms in total. The van der Waals surface area contributed by atoms with Crippen LogP contribution in [0.4, 0.5) is 0 Å². The molecule has 0 aliphatic rings. The molecule has 84 valence electrons. The van der Waals surface area contributed by atoms with Crippen LogP contribution in [-0.2, 0) is 0 Å². The number of nitrogens with zero attached hydrogens (tertiary/aromatic N) is 2. The van der Waals surface area contributed by atoms with Crippen LogP contribution in [0.15, 0.2) is 28.2 Å². The van der Waals surface area contributed by atoms with Gasteiger partial charge in [-0.1, -0.05) is 0 Å². The molecule has 0 radical (unpaired) electrons. The van der Waals surface area contributed by atoms with E-state index in [2.05, 4.69) is 42.7 Å². The maximum absolute atomic E-state index is 4.45. The molecule has 1 unspecified atom stereocenters. The summed E-state index contributed by atoms with van der Waals surface area (Å²) in [6, 6.07) is 4.12. The quantitative estimate of drug-likeness (QED) is 0.947. The third-order valence-electron chi connectivity index (χ3n) is 2.29. The number of thiophene rings is 1. The molecule has 2 heterocycles. The second-order valence-electron chi connectivity index (χ2n) is 3.38. The van der Waals surface area contributed by atoms with Gasteiger partial charge in [0.25, 0.3) is 0 Å². The van der Waals surface area contributed by atoms with Crippen LogP contribution in [0.2, 0.25) is 0 Å². The van der Waals surface area contributed by atoms with Gasteiger partial charge in [0.05, 0.1) is 11.7 Å². The monoisotopic (exact) mass is 297 g/mol. The van der Waals surface area contributed by atoms with Crippen molar-refractivity contribution in [2.45, 2.75) is 13.0 Å². The van der Waals surface area contributed by atoms with Crippen molar-refractivity contribution >= 4 is 27.3 Å². The predicted molar refractivity (Wildman–Crippen MR) is 69.7 cm³/mol. The Morgan fingerprint density at radius 1 is 1.44 bits per heavy atom. The first-order valence-electron chi connectivity index (χ1n) is 4.92. The summed E-state index contributed by atoms with van der Waals surface area (Å²) in [4.78, 5) is 9.80. The lowest BCUT2D eigenvalue weighted by molar-refractivity contribution is 0.673. The van der Waals surface area contributed by atoms with Crippen molar-refractivity contribution in [2.24, 2.45) is 0 Å². The molecular formula is C11H12BrN3S. The normalized spacial score (nSPS) is 12.7. The van der Waals surface area contributed by atoms with Gasteiger partial charge in [-0.15, -0.1) is 11.3 Å². The number of nitrogens with one attached hydrogen (secondary N) is 1. The first-order chi connectivity index (χ1) is 7.72. The van der Waals surface area contributed by atoms with Crippen molar-refractivity contribution < 1.29 is 0 Å². The minimum absolute atomic E-state index is 0.121. The molecule has 0 amide bonds. The van der Waals surface area contributed by atoms with Crippen LogP contribution in [0.5, 0.6) is 0 Å². The smallest absolute Gasteiger partial charge is 0.125 e. The number of hydrogen-bond donors (Lipinski definition) is 1. The molecule has 2 aromatic rings. The Labute approximate surface area is 107 Å². The van der Waals surface area contributed by atoms with Crippen LogP contribution in [0, 0.1) is 6.92 Å². The van der Waals surface area contributed by atoms with Gasteiger partial charge in [0.15, 0.2) is 0 Å². The molecule has 0 aromatic carbocycles. The summed E-state index contributed by atoms with van der Waals surface area (Å²) >= 11 is 5.26. The van der Waals surface area contributed by atoms with Crippen molar-refractivity contribution in [3.63, 3.8) is 0 Å². The molecule has 1 atom stereocenters. The minimum Gasteiger partial charge on any atom is -0.307 e. The van der Waals surface area contributed by atoms with Crippen molar-refractivity contribution in [3.05, 3.63) is 44.6 Å². The van der Waals surface area contributed by atoms with Crippen molar-refractivity contribution in [2.75, 3.05) is 7.05 Å². The highest BCUT2D eigenvalue weighted by atomic mass is 79.9. The van der Waals surface area contributed by atoms with E-state index in [4.69, 9.17) is 0 Å². The van der Waals surface area contributed by atoms with Gasteiger partial charge in [-0.05, 0) is 47.4 Å². The van der Waals surface area contributed by atoms with Crippen LogP contribution in [-0.4, -0.2) is 17.0 Å². The van der Waals surface area contributed by atoms with E-state index in [0.717, 1.165) is 16.0 Å². The molecule has 0 fully saturated rings. The van der Waals surface area contributed by atoms with Crippen molar-refractivity contribution in [1.29, 1.82) is 0 Å². The van der Waals surface area contributed by atoms with Gasteiger partial charge in [-0.25, -0.2) is 9.97 Å². The molecule has 0 bridgehead atoms. The molecule has 0 aliphatic carbocycles. The summed E-state index contributed by atoms with van der Waals surface area (Å²) in [5.41, 5.74) is 0.998. The summed E-state index contributed by atoms with van der Waals surface area (Å²) in [5.74, 6) is 0.797. The fourth-order valence-electron chi connectivity index (χ4n) is 1.56. The van der Waals surface area contributed by atoms with Crippen LogP contribution < -0.4 is 5.32 Å². The molecule has 0 aliphatic heterocycles. The van der Waals surface area contributed by atoms with Gasteiger partial charge in [0.2, 0.25) is 0 Å². The highest BCUT2D eigenvalue weighted by Crippen LogP contribution is 2.31. The Morgan fingerprint density at radius 3 is 2.81 bits per heavy atom. The van der Waals surface area contributed by atoms with Gasteiger partial charge < -0.3 is 5.32 Å². The summed E-state index contributed by atoms with van der Waals surface area (Å²) in [7, 11) is 1.94. The van der Waals surface area contributed by atoms with E-state index in [1.807, 2.05) is 20.0 Å². The summed E-state index contributed by atoms with van der Waals surface area (Å²) in [6.07, 6.45) is 1.80. The lowest BCUT2D eigenvalue weighted by Gasteiger charge is -2.14. The van der Waals surface area contributed by atoms with E-state index >= 15 is 0 Å². The average Bonchev–Trinajstić information content (AvgIpc) is 2.67. The molecular weight excluding hydrogens is 286 g/mol. The molecule has 0 spiro atoms. The van der Waals surface area contributed by atoms with E-state index in [0.29, 0.717) is 0 Å². The number of hydrogen-bond acceptors (Lipinski definition) is 4. The number of aryl methyl sites for hydroxylation is 1. The van der Waals surface area contributed by atoms with E-state index in [1.54, 1.807) is 17.5 Å². The molecule has 0 saturated heterocycles. The SMILES string of the molecule is CNC(c1ccnc(C)n1)c1sccc1Br. The maximum atomic E-state index is 4.45. The van der Waals surface area contributed by atoms with Crippen LogP contribution in [0.1, 0.15) is 22.4 Å². The molecule has 2 rings (SSSR count). The molecule has 5 heteroatoms. The average molecular weight is 298 g/mol. The van der Waals surface area contributed by atoms with Crippen LogP contribution >= 0.6 is 27.3 Å². The zero-order valence-electron chi connectivity index (χ0n) is 9.07. The Morgan fingerprint density at radius 2 is 2.25 bits per heavy atom. The third kappa shape index (κ3) is 2.31. The second-order valence-corrected chi connectivity index (χ2v) is 5.19. The lowest BCUT2D eigenvalue weighted by Crippen LogP contribution is -2.18. The second kappa shape index (κ2) is 5.03. The van der Waals surface area contributed by atoms with E-state index in [9.17, 15) is 0 Å². The van der Waals surface area contributed by atoms with E-state index in [1.165, 1.54) is 4.88 Å². The van der Waals surface area contributed by atoms with Crippen LogP contribution in [0.3, 0.4) is 0 Å². The molecule has 16 heavy (non-hydrogen) atoms. The molecule has 0 saturated carbocycles. The standard InChI is InChI=1S/C11H12BrN3S/c1-7-14-5-3-9(15-7)10(13-2)11-8(12)4-6-16-11/h3-6,10,13H,1-2H3. The fraction of sp³-hybridized carbons (Fsp3) is 0.273. The zero-order valence-corrected chi connectivity index (χ0v) is 11.5. The fourth-order valence-corrected chi connectivity index (χ4v) is 3.28. The molecule has 1 N–H and O–H groups in total. The first-order valence-corrected chi connectivity index (χ1v) is 6.59. The summed E-state index contributed by atoms with van der Waals surface area (Å²) in [5, 5.41) is 5.35. The summed E-state index contributed by atoms with van der Waals surface area (Å²) < 4.78 is 1.12. The number of aromatic nitrogens is 2. The minimum atomic E-state index is 0.121. The van der Waals surface area contributed by atoms with Gasteiger partial charge >= 0.3 is 0 Å². The third-order valence-corrected chi connectivity index (χ3v) is 4.22. The van der Waals surface area contributed by atoms with Gasteiger partial charge in [-0.3, -0.25) is 0 Å². The number of rotatable bonds is 3. The van der Waals surface area contributed by atoms with Crippen molar-refractivity contribution in [1.82, 2.24) is 15.3 Å². The maximum Gasteiger partial charge on any atom is 0.125 e. The Bertz CT molecular complexity index is 484.